The Morgan fingerprint density at radius 2 is 1.96 bits per heavy atom. The van der Waals surface area contributed by atoms with Gasteiger partial charge in [0, 0.05) is 23.7 Å². The highest BCUT2D eigenvalue weighted by Crippen LogP contribution is 2.28. The first-order valence-electron chi connectivity index (χ1n) is 8.07. The summed E-state index contributed by atoms with van der Waals surface area (Å²) in [4.78, 5) is 26.4. The van der Waals surface area contributed by atoms with E-state index in [0.717, 1.165) is 5.56 Å². The van der Waals surface area contributed by atoms with Crippen LogP contribution in [0.4, 0.5) is 5.69 Å². The lowest BCUT2D eigenvalue weighted by Gasteiger charge is -2.24. The Labute approximate surface area is 151 Å². The van der Waals surface area contributed by atoms with E-state index in [1.165, 1.54) is 0 Å². The number of carbonyl (C=O) groups is 2. The van der Waals surface area contributed by atoms with Gasteiger partial charge < -0.3 is 10.1 Å². The quantitative estimate of drug-likeness (QED) is 0.893. The smallest absolute Gasteiger partial charge is 0.243 e. The van der Waals surface area contributed by atoms with Gasteiger partial charge in [0.15, 0.2) is 0 Å². The summed E-state index contributed by atoms with van der Waals surface area (Å²) in [7, 11) is 1.58. The highest BCUT2D eigenvalue weighted by molar-refractivity contribution is 6.31. The van der Waals surface area contributed by atoms with Crippen molar-refractivity contribution in [2.45, 2.75) is 25.4 Å². The number of nitrogens with one attached hydrogen (secondary N) is 1. The van der Waals surface area contributed by atoms with E-state index in [2.05, 4.69) is 5.32 Å². The number of hydrogen-bond acceptors (Lipinski definition) is 3. The summed E-state index contributed by atoms with van der Waals surface area (Å²) in [6.07, 6.45) is 0.857. The van der Waals surface area contributed by atoms with E-state index in [9.17, 15) is 9.59 Å². The fraction of sp³-hybridized carbons (Fsp3) is 0.263. The number of benzene rings is 2. The second-order valence-corrected chi connectivity index (χ2v) is 6.23. The fourth-order valence-corrected chi connectivity index (χ4v) is 3.14. The largest absolute Gasteiger partial charge is 0.497 e. The summed E-state index contributed by atoms with van der Waals surface area (Å²) in [5.41, 5.74) is 1.54. The molecule has 1 saturated heterocycles. The Balaban J connectivity index is 1.72. The van der Waals surface area contributed by atoms with Crippen molar-refractivity contribution in [2.24, 2.45) is 0 Å². The van der Waals surface area contributed by atoms with Crippen molar-refractivity contribution in [2.75, 3.05) is 12.0 Å². The van der Waals surface area contributed by atoms with Gasteiger partial charge in [-0.1, -0.05) is 29.8 Å². The molecule has 1 heterocycles. The maximum absolute atomic E-state index is 12.6. The Hall–Kier alpha value is -2.53. The Morgan fingerprint density at radius 3 is 2.64 bits per heavy atom. The number of hydrogen-bond donors (Lipinski definition) is 1. The minimum absolute atomic E-state index is 0.0527. The molecule has 1 aliphatic heterocycles. The summed E-state index contributed by atoms with van der Waals surface area (Å²) in [6, 6.07) is 14.0. The molecule has 1 unspecified atom stereocenters. The van der Waals surface area contributed by atoms with Crippen LogP contribution in [0.2, 0.25) is 5.02 Å². The average molecular weight is 359 g/mol. The molecule has 3 rings (SSSR count). The zero-order chi connectivity index (χ0) is 17.8. The van der Waals surface area contributed by atoms with Crippen LogP contribution in [0.3, 0.4) is 0 Å². The van der Waals surface area contributed by atoms with Gasteiger partial charge in [-0.2, -0.15) is 0 Å². The van der Waals surface area contributed by atoms with Crippen molar-refractivity contribution in [1.29, 1.82) is 0 Å². The summed E-state index contributed by atoms with van der Waals surface area (Å²) in [5, 5.41) is 3.49. The normalized spacial score (nSPS) is 16.8. The first kappa shape index (κ1) is 17.3. The molecule has 0 saturated carbocycles. The number of methoxy groups -OCH3 is 1. The van der Waals surface area contributed by atoms with Gasteiger partial charge in [0.25, 0.3) is 0 Å². The lowest BCUT2D eigenvalue weighted by atomic mass is 10.1. The van der Waals surface area contributed by atoms with Crippen molar-refractivity contribution in [1.82, 2.24) is 5.32 Å². The highest BCUT2D eigenvalue weighted by Gasteiger charge is 2.36. The zero-order valence-electron chi connectivity index (χ0n) is 13.9. The van der Waals surface area contributed by atoms with E-state index in [1.807, 2.05) is 18.2 Å². The van der Waals surface area contributed by atoms with Crippen LogP contribution in [0, 0.1) is 0 Å². The van der Waals surface area contributed by atoms with Crippen molar-refractivity contribution in [3.8, 4) is 5.75 Å². The molecule has 0 aliphatic carbocycles. The Morgan fingerprint density at radius 1 is 1.24 bits per heavy atom. The molecule has 1 aliphatic rings. The number of carbonyl (C=O) groups excluding carboxylic acids is 2. The van der Waals surface area contributed by atoms with Gasteiger partial charge in [-0.05, 0) is 42.3 Å². The molecule has 0 spiro atoms. The molecule has 1 fully saturated rings. The number of anilines is 1. The molecule has 2 aromatic carbocycles. The number of nitrogens with zero attached hydrogens (tertiary/aromatic N) is 1. The lowest BCUT2D eigenvalue weighted by molar-refractivity contribution is -0.124. The third kappa shape index (κ3) is 3.77. The van der Waals surface area contributed by atoms with E-state index in [-0.39, 0.29) is 11.8 Å². The topological polar surface area (TPSA) is 58.6 Å². The van der Waals surface area contributed by atoms with E-state index < -0.39 is 6.04 Å². The molecule has 1 N–H and O–H groups in total. The molecule has 0 bridgehead atoms. The molecule has 130 valence electrons. The lowest BCUT2D eigenvalue weighted by Crippen LogP contribution is -2.44. The summed E-state index contributed by atoms with van der Waals surface area (Å²) < 4.78 is 5.14. The van der Waals surface area contributed by atoms with Gasteiger partial charge >= 0.3 is 0 Å². The standard InChI is InChI=1S/C19H19ClN2O3/c1-25-15-8-6-14(7-9-15)22-17(10-11-18(22)23)19(24)21-12-13-4-2-3-5-16(13)20/h2-9,17H,10-12H2,1H3,(H,21,24). The van der Waals surface area contributed by atoms with Gasteiger partial charge in [0.2, 0.25) is 11.8 Å². The molecule has 0 radical (unpaired) electrons. The van der Waals surface area contributed by atoms with E-state index >= 15 is 0 Å². The van der Waals surface area contributed by atoms with Gasteiger partial charge in [-0.3, -0.25) is 14.5 Å². The van der Waals surface area contributed by atoms with Crippen molar-refractivity contribution < 1.29 is 14.3 Å². The van der Waals surface area contributed by atoms with Gasteiger partial charge in [0.05, 0.1) is 7.11 Å². The third-order valence-electron chi connectivity index (χ3n) is 4.28. The van der Waals surface area contributed by atoms with Crippen LogP contribution in [0.5, 0.6) is 5.75 Å². The minimum atomic E-state index is -0.511. The van der Waals surface area contributed by atoms with E-state index in [4.69, 9.17) is 16.3 Å². The SMILES string of the molecule is COc1ccc(N2C(=O)CCC2C(=O)NCc2ccccc2Cl)cc1. The Kier molecular flexibility index (Phi) is 5.24. The van der Waals surface area contributed by atoms with Crippen LogP contribution in [0.25, 0.3) is 0 Å². The van der Waals surface area contributed by atoms with Gasteiger partial charge in [-0.25, -0.2) is 0 Å². The summed E-state index contributed by atoms with van der Waals surface area (Å²) >= 11 is 6.12. The summed E-state index contributed by atoms with van der Waals surface area (Å²) in [6.45, 7) is 0.333. The number of amides is 2. The maximum atomic E-state index is 12.6. The fourth-order valence-electron chi connectivity index (χ4n) is 2.94. The number of rotatable bonds is 5. The molecule has 2 amide bonds. The second-order valence-electron chi connectivity index (χ2n) is 5.83. The van der Waals surface area contributed by atoms with Crippen LogP contribution in [0.1, 0.15) is 18.4 Å². The Bertz CT molecular complexity index is 776. The monoisotopic (exact) mass is 358 g/mol. The van der Waals surface area contributed by atoms with Gasteiger partial charge in [-0.15, -0.1) is 0 Å². The van der Waals surface area contributed by atoms with Crippen LogP contribution < -0.4 is 15.0 Å². The first-order chi connectivity index (χ1) is 12.1. The van der Waals surface area contributed by atoms with Crippen LogP contribution in [-0.2, 0) is 16.1 Å². The minimum Gasteiger partial charge on any atom is -0.497 e. The number of halogens is 1. The number of ether oxygens (including phenoxy) is 1. The van der Waals surface area contributed by atoms with Crippen LogP contribution >= 0.6 is 11.6 Å². The van der Waals surface area contributed by atoms with Crippen LogP contribution in [0.15, 0.2) is 48.5 Å². The van der Waals surface area contributed by atoms with E-state index in [0.29, 0.717) is 35.8 Å². The molecule has 0 aromatic heterocycles. The second kappa shape index (κ2) is 7.57. The first-order valence-corrected chi connectivity index (χ1v) is 8.45. The van der Waals surface area contributed by atoms with Crippen molar-refractivity contribution >= 4 is 29.1 Å². The van der Waals surface area contributed by atoms with Crippen LogP contribution in [-0.4, -0.2) is 25.0 Å². The average Bonchev–Trinajstić information content (AvgIpc) is 3.02. The predicted octanol–water partition coefficient (Wildman–Crippen LogP) is 3.16. The highest BCUT2D eigenvalue weighted by atomic mass is 35.5. The third-order valence-corrected chi connectivity index (χ3v) is 4.64. The predicted molar refractivity (Wildman–Crippen MR) is 96.8 cm³/mol. The molecular weight excluding hydrogens is 340 g/mol. The summed E-state index contributed by atoms with van der Waals surface area (Å²) in [5.74, 6) is 0.472. The van der Waals surface area contributed by atoms with E-state index in [1.54, 1.807) is 42.3 Å². The molecule has 2 aromatic rings. The van der Waals surface area contributed by atoms with Crippen molar-refractivity contribution in [3.05, 3.63) is 59.1 Å². The molecular formula is C19H19ClN2O3. The molecule has 5 nitrogen and oxygen atoms in total. The molecule has 1 atom stereocenters. The zero-order valence-corrected chi connectivity index (χ0v) is 14.6. The molecule has 25 heavy (non-hydrogen) atoms. The maximum Gasteiger partial charge on any atom is 0.243 e. The molecule has 6 heteroatoms. The van der Waals surface area contributed by atoms with Gasteiger partial charge in [0.1, 0.15) is 11.8 Å². The van der Waals surface area contributed by atoms with Crippen molar-refractivity contribution in [3.63, 3.8) is 0 Å².